The van der Waals surface area contributed by atoms with Gasteiger partial charge in [0.15, 0.2) is 5.58 Å². The van der Waals surface area contributed by atoms with E-state index < -0.39 is 0 Å². The molecule has 0 aliphatic carbocycles. The van der Waals surface area contributed by atoms with Crippen molar-refractivity contribution in [1.82, 2.24) is 0 Å². The van der Waals surface area contributed by atoms with Crippen LogP contribution in [0.3, 0.4) is 0 Å². The Morgan fingerprint density at radius 2 is 0.696 bits per heavy atom. The Labute approximate surface area is 462 Å². The molecule has 0 fully saturated rings. The Bertz CT molecular complexity index is 4520. The number of benzene rings is 13. The fourth-order valence-electron chi connectivity index (χ4n) is 12.4. The maximum absolute atomic E-state index is 6.78. The molecule has 0 aliphatic heterocycles. The van der Waals surface area contributed by atoms with Crippen molar-refractivity contribution in [1.29, 1.82) is 0 Å². The van der Waals surface area contributed by atoms with Crippen LogP contribution in [0, 0.1) is 0 Å². The lowest BCUT2D eigenvalue weighted by molar-refractivity contribution is 0.669. The third-order valence-corrected chi connectivity index (χ3v) is 16.2. The number of para-hydroxylation sites is 4. The number of fused-ring (bicyclic) bond motifs is 3. The molecule has 0 amide bonds. The summed E-state index contributed by atoms with van der Waals surface area (Å²) in [5.74, 6) is 0.533. The smallest absolute Gasteiger partial charge is 0.159 e. The van der Waals surface area contributed by atoms with Gasteiger partial charge in [0.25, 0.3) is 0 Å². The van der Waals surface area contributed by atoms with Crippen LogP contribution in [-0.2, 0) is 0 Å². The van der Waals surface area contributed by atoms with E-state index in [9.17, 15) is 0 Å². The SMILES string of the molecule is CC(C)c1cc(-c2ccc(N(c3ccccc3-c3ccccc3)c3cccc4c3oc3ccccc34)cc2)c2ccc3c(C(C)C)cc(N(c4ccc(-c5ccccc5)cc4)c4ccccc4-c4ccccc4)c4ccc1c2c34. The summed E-state index contributed by atoms with van der Waals surface area (Å²) in [6, 6.07) is 97.7. The molecule has 0 saturated heterocycles. The van der Waals surface area contributed by atoms with Gasteiger partial charge in [-0.15, -0.1) is 0 Å². The minimum atomic E-state index is 0.256. The van der Waals surface area contributed by atoms with Gasteiger partial charge in [-0.1, -0.05) is 234 Å². The zero-order valence-corrected chi connectivity index (χ0v) is 44.9. The van der Waals surface area contributed by atoms with Crippen LogP contribution in [0.5, 0.6) is 0 Å². The van der Waals surface area contributed by atoms with E-state index in [0.29, 0.717) is 0 Å². The lowest BCUT2D eigenvalue weighted by atomic mass is 9.82. The van der Waals surface area contributed by atoms with Crippen LogP contribution in [0.4, 0.5) is 34.1 Å². The van der Waals surface area contributed by atoms with Gasteiger partial charge in [-0.2, -0.15) is 0 Å². The Morgan fingerprint density at radius 3 is 1.29 bits per heavy atom. The fraction of sp³-hybridized carbons (Fsp3) is 0.0789. The largest absolute Gasteiger partial charge is 0.454 e. The summed E-state index contributed by atoms with van der Waals surface area (Å²) in [6.07, 6.45) is 0. The van der Waals surface area contributed by atoms with Gasteiger partial charge in [-0.3, -0.25) is 0 Å². The molecule has 3 nitrogen and oxygen atoms in total. The van der Waals surface area contributed by atoms with Crippen LogP contribution >= 0.6 is 0 Å². The van der Waals surface area contributed by atoms with Crippen molar-refractivity contribution >= 4 is 88.4 Å². The molecule has 1 aromatic heterocycles. The first-order valence-corrected chi connectivity index (χ1v) is 27.7. The highest BCUT2D eigenvalue weighted by Gasteiger charge is 2.27. The molecule has 14 aromatic rings. The summed E-state index contributed by atoms with van der Waals surface area (Å²) < 4.78 is 6.78. The summed E-state index contributed by atoms with van der Waals surface area (Å²) in [5, 5.41) is 9.91. The lowest BCUT2D eigenvalue weighted by Gasteiger charge is -2.31. The van der Waals surface area contributed by atoms with Crippen LogP contribution in [0.25, 0.3) is 98.8 Å². The minimum absolute atomic E-state index is 0.256. The summed E-state index contributed by atoms with van der Waals surface area (Å²) in [7, 11) is 0. The molecule has 0 bridgehead atoms. The highest BCUT2D eigenvalue weighted by atomic mass is 16.3. The second-order valence-corrected chi connectivity index (χ2v) is 21.5. The number of furan rings is 1. The predicted molar refractivity (Wildman–Crippen MR) is 337 cm³/mol. The number of rotatable bonds is 12. The van der Waals surface area contributed by atoms with Crippen molar-refractivity contribution in [2.24, 2.45) is 0 Å². The van der Waals surface area contributed by atoms with E-state index in [-0.39, 0.29) is 11.8 Å². The molecule has 0 unspecified atom stereocenters. The number of anilines is 6. The van der Waals surface area contributed by atoms with Crippen molar-refractivity contribution in [3.8, 4) is 44.5 Å². The van der Waals surface area contributed by atoms with Gasteiger partial charge in [0.1, 0.15) is 5.58 Å². The molecular weight excluding hydrogens is 957 g/mol. The van der Waals surface area contributed by atoms with Crippen molar-refractivity contribution in [2.75, 3.05) is 9.80 Å². The number of nitrogens with zero attached hydrogens (tertiary/aromatic N) is 2. The molecule has 14 rings (SSSR count). The van der Waals surface area contributed by atoms with Gasteiger partial charge in [0.05, 0.1) is 22.7 Å². The van der Waals surface area contributed by atoms with Gasteiger partial charge >= 0.3 is 0 Å². The van der Waals surface area contributed by atoms with Crippen LogP contribution in [-0.4, -0.2) is 0 Å². The van der Waals surface area contributed by atoms with E-state index in [4.69, 9.17) is 4.42 Å². The molecule has 378 valence electrons. The van der Waals surface area contributed by atoms with Gasteiger partial charge < -0.3 is 14.2 Å². The van der Waals surface area contributed by atoms with E-state index >= 15 is 0 Å². The highest BCUT2D eigenvalue weighted by molar-refractivity contribution is 6.29. The van der Waals surface area contributed by atoms with Gasteiger partial charge in [0.2, 0.25) is 0 Å². The maximum Gasteiger partial charge on any atom is 0.159 e. The third kappa shape index (κ3) is 8.20. The van der Waals surface area contributed by atoms with Crippen molar-refractivity contribution < 1.29 is 4.42 Å². The quantitative estimate of drug-likeness (QED) is 0.114. The Morgan fingerprint density at radius 1 is 0.278 bits per heavy atom. The molecule has 1 heterocycles. The van der Waals surface area contributed by atoms with E-state index in [2.05, 4.69) is 298 Å². The number of hydrogen-bond donors (Lipinski definition) is 0. The third-order valence-electron chi connectivity index (χ3n) is 16.2. The summed E-state index contributed by atoms with van der Waals surface area (Å²) in [5.41, 5.74) is 20.3. The average Bonchev–Trinajstić information content (AvgIpc) is 4.08. The van der Waals surface area contributed by atoms with Crippen molar-refractivity contribution in [3.63, 3.8) is 0 Å². The monoisotopic (exact) mass is 1010 g/mol. The maximum atomic E-state index is 6.78. The van der Waals surface area contributed by atoms with E-state index in [1.165, 1.54) is 76.8 Å². The highest BCUT2D eigenvalue weighted by Crippen LogP contribution is 2.52. The zero-order chi connectivity index (χ0) is 53.1. The molecule has 79 heavy (non-hydrogen) atoms. The second kappa shape index (κ2) is 19.7. The molecule has 0 radical (unpaired) electrons. The standard InChI is InChI=1S/C76H58N2O/c1-49(2)66-47-68(55-37-41-56(42-38-55)77(69-31-17-14-27-58(69)53-23-10-6-11-24-53)71-33-20-30-64-60-29-16-19-34-73(60)79-76(64)71)63-44-43-62-67(50(3)4)48-72(65-46-45-61(66)74(63)75(62)65)78(57-39-35-52(36-40-57)51-21-8-5-9-22-51)70-32-18-15-28-59(70)54-25-12-7-13-26-54/h5-50H,1-4H3. The minimum Gasteiger partial charge on any atom is -0.454 e. The zero-order valence-electron chi connectivity index (χ0n) is 44.9. The van der Waals surface area contributed by atoms with E-state index in [0.717, 1.165) is 67.2 Å². The molecular formula is C76H58N2O. The number of hydrogen-bond acceptors (Lipinski definition) is 3. The first-order chi connectivity index (χ1) is 38.9. The summed E-state index contributed by atoms with van der Waals surface area (Å²) in [6.45, 7) is 9.36. The first kappa shape index (κ1) is 47.7. The predicted octanol–water partition coefficient (Wildman–Crippen LogP) is 22.3. The normalized spacial score (nSPS) is 11.8. The average molecular weight is 1020 g/mol. The lowest BCUT2D eigenvalue weighted by Crippen LogP contribution is -2.13. The van der Waals surface area contributed by atoms with Crippen LogP contribution < -0.4 is 9.80 Å². The second-order valence-electron chi connectivity index (χ2n) is 21.5. The van der Waals surface area contributed by atoms with Crippen LogP contribution in [0.15, 0.2) is 271 Å². The topological polar surface area (TPSA) is 19.6 Å². The molecule has 0 aliphatic rings. The van der Waals surface area contributed by atoms with Gasteiger partial charge in [0, 0.05) is 38.7 Å². The van der Waals surface area contributed by atoms with E-state index in [1.807, 2.05) is 6.07 Å². The fourth-order valence-corrected chi connectivity index (χ4v) is 12.4. The summed E-state index contributed by atoms with van der Waals surface area (Å²) in [4.78, 5) is 4.90. The van der Waals surface area contributed by atoms with Crippen LogP contribution in [0.1, 0.15) is 50.7 Å². The Kier molecular flexibility index (Phi) is 11.9. The first-order valence-electron chi connectivity index (χ1n) is 27.7. The van der Waals surface area contributed by atoms with Gasteiger partial charge in [-0.25, -0.2) is 0 Å². The molecule has 13 aromatic carbocycles. The van der Waals surface area contributed by atoms with E-state index in [1.54, 1.807) is 0 Å². The van der Waals surface area contributed by atoms with Crippen molar-refractivity contribution in [2.45, 2.75) is 39.5 Å². The Balaban J connectivity index is 0.982. The van der Waals surface area contributed by atoms with Crippen molar-refractivity contribution in [3.05, 3.63) is 278 Å². The Hall–Kier alpha value is -9.70. The van der Waals surface area contributed by atoms with Gasteiger partial charge in [-0.05, 0) is 144 Å². The molecule has 0 spiro atoms. The van der Waals surface area contributed by atoms with Crippen LogP contribution in [0.2, 0.25) is 0 Å². The molecule has 3 heteroatoms. The molecule has 0 N–H and O–H groups in total. The summed E-state index contributed by atoms with van der Waals surface area (Å²) >= 11 is 0. The molecule has 0 atom stereocenters. The molecule has 0 saturated carbocycles.